The smallest absolute Gasteiger partial charge is 0.252 e. The van der Waals surface area contributed by atoms with Crippen molar-refractivity contribution in [3.63, 3.8) is 0 Å². The molecule has 53 heavy (non-hydrogen) atoms. The molecule has 0 radical (unpaired) electrons. The lowest BCUT2D eigenvalue weighted by Gasteiger charge is -2.62. The molecule has 292 valence electrons. The topological polar surface area (TPSA) is 167 Å². The van der Waals surface area contributed by atoms with E-state index >= 15 is 0 Å². The lowest BCUT2D eigenvalue weighted by atomic mass is 9.45. The first-order valence-electron chi connectivity index (χ1n) is 19.0. The van der Waals surface area contributed by atoms with Gasteiger partial charge in [0, 0.05) is 48.4 Å². The maximum atomic E-state index is 14.2. The summed E-state index contributed by atoms with van der Waals surface area (Å²) in [7, 11) is 5.33. The molecule has 9 atom stereocenters. The molecule has 1 heterocycles. The Labute approximate surface area is 314 Å². The molecule has 0 spiro atoms. The first kappa shape index (κ1) is 40.5. The second-order valence-corrected chi connectivity index (χ2v) is 17.1. The summed E-state index contributed by atoms with van der Waals surface area (Å²) in [4.78, 5) is 48.6. The molecule has 4 aliphatic rings. The number of hydrogen-bond acceptors (Lipinski definition) is 9. The third kappa shape index (κ3) is 7.92. The number of fused-ring (bicyclic) bond motifs is 2. The Bertz CT molecular complexity index is 1680. The molecule has 2 aromatic rings. The van der Waals surface area contributed by atoms with Crippen molar-refractivity contribution < 1.29 is 34.2 Å². The summed E-state index contributed by atoms with van der Waals surface area (Å²) in [5.41, 5.74) is 8.00. The Balaban J connectivity index is 1.47. The molecular formula is C41H61N5O7. The molecule has 1 saturated heterocycles. The van der Waals surface area contributed by atoms with Gasteiger partial charge in [0.05, 0.1) is 26.4 Å². The van der Waals surface area contributed by atoms with E-state index in [9.17, 15) is 24.6 Å². The molecule has 0 aromatic heterocycles. The van der Waals surface area contributed by atoms with Gasteiger partial charge in [0.25, 0.3) is 5.91 Å². The Morgan fingerprint density at radius 3 is 2.40 bits per heavy atom. The van der Waals surface area contributed by atoms with Crippen molar-refractivity contribution in [3.8, 4) is 16.9 Å². The molecular weight excluding hydrogens is 674 g/mol. The van der Waals surface area contributed by atoms with Crippen LogP contribution in [0.2, 0.25) is 0 Å². The average molecular weight is 736 g/mol. The highest BCUT2D eigenvalue weighted by molar-refractivity contribution is 6.00. The number of hydrogen-bond donors (Lipinski definition) is 5. The Hall–Kier alpha value is -3.71. The summed E-state index contributed by atoms with van der Waals surface area (Å²) in [5, 5.41) is 29.0. The normalized spacial score (nSPS) is 28.1. The number of anilines is 1. The molecule has 6 rings (SSSR count). The van der Waals surface area contributed by atoms with Gasteiger partial charge in [0.1, 0.15) is 23.4 Å². The quantitative estimate of drug-likeness (QED) is 0.192. The predicted octanol–water partition coefficient (Wildman–Crippen LogP) is 4.11. The zero-order chi connectivity index (χ0) is 39.2. The number of methoxy groups -OCH3 is 1. The second-order valence-electron chi connectivity index (χ2n) is 17.1. The van der Waals surface area contributed by atoms with Crippen LogP contribution in [0, 0.1) is 35.0 Å². The number of nitrogens with zero attached hydrogens (tertiary/aromatic N) is 2. The van der Waals surface area contributed by atoms with E-state index in [0.717, 1.165) is 12.1 Å². The molecule has 2 aromatic carbocycles. The molecule has 1 unspecified atom stereocenters. The van der Waals surface area contributed by atoms with Gasteiger partial charge < -0.3 is 36.2 Å². The van der Waals surface area contributed by atoms with Gasteiger partial charge in [-0.15, -0.1) is 0 Å². The number of carbonyl (C=O) groups excluding carboxylic acids is 3. The van der Waals surface area contributed by atoms with E-state index in [1.807, 2.05) is 57.1 Å². The maximum absolute atomic E-state index is 14.2. The standard InChI is InChI=1S/C41H61N5O7/c1-22(2)19-41(7,39(42)51)44-37(49)27-14-26(15-29(16-27)45(8)9)30-13-11-12-25(36(30)52-10)20-46-35(34(24(4)48)33(21-47)53-46)38(50)43-32-18-28-17-31(23(32)3)40(28,5)6/h11-16,22-24,28,31-35,47-48H,17-21H2,1-10H3,(H2,42,51)(H,43,50)(H,44,49)/t23-,24-,28+,31-,32-,33-,34+,35-,41?/m0/s1. The van der Waals surface area contributed by atoms with E-state index in [0.29, 0.717) is 52.2 Å². The van der Waals surface area contributed by atoms with Gasteiger partial charge in [-0.05, 0) is 86.0 Å². The van der Waals surface area contributed by atoms with Crippen molar-refractivity contribution in [1.82, 2.24) is 15.7 Å². The summed E-state index contributed by atoms with van der Waals surface area (Å²) in [5.74, 6) is 0.107. The Kier molecular flexibility index (Phi) is 11.9. The largest absolute Gasteiger partial charge is 0.496 e. The van der Waals surface area contributed by atoms with Crippen molar-refractivity contribution in [1.29, 1.82) is 0 Å². The lowest BCUT2D eigenvalue weighted by Crippen LogP contribution is -2.62. The van der Waals surface area contributed by atoms with E-state index in [1.54, 1.807) is 38.2 Å². The van der Waals surface area contributed by atoms with E-state index in [2.05, 4.69) is 31.4 Å². The number of carbonyl (C=O) groups is 3. The van der Waals surface area contributed by atoms with Crippen molar-refractivity contribution in [2.75, 3.05) is 32.7 Å². The molecule has 3 aliphatic carbocycles. The van der Waals surface area contributed by atoms with Crippen LogP contribution in [0.5, 0.6) is 5.75 Å². The first-order valence-corrected chi connectivity index (χ1v) is 19.0. The molecule has 2 bridgehead atoms. The Morgan fingerprint density at radius 1 is 1.15 bits per heavy atom. The minimum absolute atomic E-state index is 0.0170. The summed E-state index contributed by atoms with van der Waals surface area (Å²) >= 11 is 0. The van der Waals surface area contributed by atoms with Gasteiger partial charge in [-0.3, -0.25) is 19.2 Å². The number of aliphatic hydroxyl groups excluding tert-OH is 2. The summed E-state index contributed by atoms with van der Waals surface area (Å²) in [6, 6.07) is 10.3. The fourth-order valence-corrected chi connectivity index (χ4v) is 9.34. The summed E-state index contributed by atoms with van der Waals surface area (Å²) in [6.45, 7) is 13.8. The van der Waals surface area contributed by atoms with E-state index in [4.69, 9.17) is 15.3 Å². The number of amides is 3. The molecule has 12 nitrogen and oxygen atoms in total. The third-order valence-corrected chi connectivity index (χ3v) is 12.4. The number of nitrogens with one attached hydrogen (secondary N) is 2. The monoisotopic (exact) mass is 735 g/mol. The highest BCUT2D eigenvalue weighted by atomic mass is 16.7. The molecule has 4 fully saturated rings. The minimum atomic E-state index is -1.24. The highest BCUT2D eigenvalue weighted by Crippen LogP contribution is 2.61. The molecule has 6 N–H and O–H groups in total. The fourth-order valence-electron chi connectivity index (χ4n) is 9.34. The average Bonchev–Trinajstić information content (AvgIpc) is 3.46. The fraction of sp³-hybridized carbons (Fsp3) is 0.634. The van der Waals surface area contributed by atoms with Crippen molar-refractivity contribution in [2.45, 2.75) is 104 Å². The van der Waals surface area contributed by atoms with E-state index in [1.165, 1.54) is 6.42 Å². The van der Waals surface area contributed by atoms with Gasteiger partial charge >= 0.3 is 0 Å². The van der Waals surface area contributed by atoms with Gasteiger partial charge in [0.2, 0.25) is 11.8 Å². The number of aliphatic hydroxyl groups is 2. The summed E-state index contributed by atoms with van der Waals surface area (Å²) < 4.78 is 6.04. The third-order valence-electron chi connectivity index (χ3n) is 12.4. The number of hydroxylamine groups is 2. The molecule has 3 amide bonds. The predicted molar refractivity (Wildman–Crippen MR) is 205 cm³/mol. The molecule has 12 heteroatoms. The van der Waals surface area contributed by atoms with E-state index < -0.39 is 41.5 Å². The van der Waals surface area contributed by atoms with Crippen LogP contribution in [0.25, 0.3) is 11.1 Å². The summed E-state index contributed by atoms with van der Waals surface area (Å²) in [6.07, 6.45) is 0.775. The van der Waals surface area contributed by atoms with Crippen LogP contribution < -0.4 is 26.0 Å². The van der Waals surface area contributed by atoms with Crippen LogP contribution in [0.4, 0.5) is 5.69 Å². The van der Waals surface area contributed by atoms with Crippen LogP contribution in [0.15, 0.2) is 36.4 Å². The van der Waals surface area contributed by atoms with Crippen LogP contribution in [-0.2, 0) is 21.0 Å². The van der Waals surface area contributed by atoms with Gasteiger partial charge in [-0.1, -0.05) is 52.8 Å². The van der Waals surface area contributed by atoms with Crippen LogP contribution in [-0.4, -0.2) is 90.6 Å². The van der Waals surface area contributed by atoms with Crippen LogP contribution >= 0.6 is 0 Å². The zero-order valence-electron chi connectivity index (χ0n) is 33.1. The second kappa shape index (κ2) is 15.6. The maximum Gasteiger partial charge on any atom is 0.252 e. The Morgan fingerprint density at radius 2 is 1.85 bits per heavy atom. The molecule has 1 aliphatic heterocycles. The van der Waals surface area contributed by atoms with Crippen molar-refractivity contribution in [3.05, 3.63) is 47.5 Å². The highest BCUT2D eigenvalue weighted by Gasteiger charge is 2.57. The van der Waals surface area contributed by atoms with Crippen LogP contribution in [0.1, 0.15) is 83.7 Å². The van der Waals surface area contributed by atoms with Gasteiger partial charge in [-0.2, -0.15) is 5.06 Å². The number of para-hydroxylation sites is 1. The minimum Gasteiger partial charge on any atom is -0.496 e. The van der Waals surface area contributed by atoms with E-state index in [-0.39, 0.29) is 36.4 Å². The van der Waals surface area contributed by atoms with Crippen molar-refractivity contribution >= 4 is 23.4 Å². The number of primary amides is 1. The number of benzene rings is 2. The number of rotatable bonds is 14. The SMILES string of the molecule is COc1c(CN2O[C@@H](CO)[C@@H]([C@H](C)O)[C@H]2C(=O)N[C@H]2C[C@H]3C[C@@H]([C@@H]2C)C3(C)C)cccc1-c1cc(C(=O)NC(C)(CC(C)C)C(N)=O)cc(N(C)C)c1. The van der Waals surface area contributed by atoms with Crippen LogP contribution in [0.3, 0.4) is 0 Å². The first-order chi connectivity index (χ1) is 24.8. The van der Waals surface area contributed by atoms with Crippen molar-refractivity contribution in [2.24, 2.45) is 40.7 Å². The van der Waals surface area contributed by atoms with Gasteiger partial charge in [0.15, 0.2) is 0 Å². The zero-order valence-corrected chi connectivity index (χ0v) is 33.1. The number of ether oxygens (including phenoxy) is 1. The number of nitrogens with two attached hydrogens (primary N) is 1. The molecule has 3 saturated carbocycles. The lowest BCUT2D eigenvalue weighted by molar-refractivity contribution is -0.183. The van der Waals surface area contributed by atoms with Gasteiger partial charge in [-0.25, -0.2) is 0 Å².